The van der Waals surface area contributed by atoms with E-state index in [1.165, 1.54) is 48.7 Å². The minimum Gasteiger partial charge on any atom is -0.361 e. The van der Waals surface area contributed by atoms with Crippen molar-refractivity contribution in [3.63, 3.8) is 0 Å². The quantitative estimate of drug-likeness (QED) is 0.153. The first kappa shape index (κ1) is 27.2. The van der Waals surface area contributed by atoms with E-state index in [9.17, 15) is 31.1 Å². The number of fused-ring (bicyclic) bond motifs is 1. The van der Waals surface area contributed by atoms with Gasteiger partial charge in [0.25, 0.3) is 0 Å². The Bertz CT molecular complexity index is 1700. The first-order valence-corrected chi connectivity index (χ1v) is 12.4. The molecule has 5 rings (SSSR count). The Morgan fingerprint density at radius 3 is 2.50 bits per heavy atom. The van der Waals surface area contributed by atoms with Gasteiger partial charge in [0, 0.05) is 36.2 Å². The van der Waals surface area contributed by atoms with Crippen molar-refractivity contribution in [1.29, 1.82) is 0 Å². The summed E-state index contributed by atoms with van der Waals surface area (Å²) in [6.07, 6.45) is -1.33. The van der Waals surface area contributed by atoms with Crippen molar-refractivity contribution >= 4 is 17.2 Å². The van der Waals surface area contributed by atoms with E-state index in [1.807, 2.05) is 0 Å². The highest BCUT2D eigenvalue weighted by molar-refractivity contribution is 5.81. The maximum absolute atomic E-state index is 15.0. The summed E-state index contributed by atoms with van der Waals surface area (Å²) in [5.74, 6) is -2.46. The maximum atomic E-state index is 15.0. The zero-order chi connectivity index (χ0) is 28.7. The third-order valence-corrected chi connectivity index (χ3v) is 7.24. The summed E-state index contributed by atoms with van der Waals surface area (Å²) < 4.78 is 88.3. The van der Waals surface area contributed by atoms with Crippen molar-refractivity contribution in [2.24, 2.45) is 0 Å². The summed E-state index contributed by atoms with van der Waals surface area (Å²) in [7, 11) is 0. The molecule has 0 amide bonds. The number of nitrogens with one attached hydrogen (secondary N) is 2. The SMILES string of the molecule is CC(c1cccc(CCC=O)c1)(c1cnc(-c2cc(Cc3c(F)cc4[nH]ccc4c3F)ccc2F)[nH]1)C(F)(F)F. The second kappa shape index (κ2) is 10.3. The molecule has 0 spiro atoms. The standard InChI is InChI=1S/C30H23F6N3O/c1-29(30(34,35)36,19-6-2-4-17(12-19)5-3-11-40)26-16-38-28(39-26)22-14-18(7-8-23(22)31)13-21-24(32)15-25-20(27(21)33)9-10-37-25/h2,4,6-12,14-16,37H,3,5,13H2,1H3,(H,38,39). The predicted molar refractivity (Wildman–Crippen MR) is 138 cm³/mol. The molecule has 3 aromatic carbocycles. The number of rotatable bonds is 8. The topological polar surface area (TPSA) is 61.5 Å². The molecule has 0 aliphatic heterocycles. The fourth-order valence-electron chi connectivity index (χ4n) is 4.85. The van der Waals surface area contributed by atoms with E-state index in [4.69, 9.17) is 0 Å². The smallest absolute Gasteiger partial charge is 0.361 e. The Kier molecular flexibility index (Phi) is 7.03. The molecule has 0 radical (unpaired) electrons. The van der Waals surface area contributed by atoms with Crippen LogP contribution in [0, 0.1) is 17.5 Å². The zero-order valence-electron chi connectivity index (χ0n) is 21.2. The van der Waals surface area contributed by atoms with Crippen molar-refractivity contribution in [3.8, 4) is 11.4 Å². The first-order chi connectivity index (χ1) is 19.0. The number of hydrogen-bond donors (Lipinski definition) is 2. The number of halogens is 6. The summed E-state index contributed by atoms with van der Waals surface area (Å²) >= 11 is 0. The molecule has 206 valence electrons. The van der Waals surface area contributed by atoms with Crippen molar-refractivity contribution in [3.05, 3.63) is 112 Å². The van der Waals surface area contributed by atoms with Crippen LogP contribution in [-0.4, -0.2) is 27.4 Å². The molecule has 2 heterocycles. The fraction of sp³-hybridized carbons (Fsp3) is 0.200. The van der Waals surface area contributed by atoms with Crippen molar-refractivity contribution in [2.45, 2.75) is 37.8 Å². The number of aromatic amines is 2. The molecule has 0 aliphatic rings. The van der Waals surface area contributed by atoms with Crippen LogP contribution >= 0.6 is 0 Å². The maximum Gasteiger partial charge on any atom is 0.403 e. The van der Waals surface area contributed by atoms with Gasteiger partial charge < -0.3 is 14.8 Å². The molecule has 2 N–H and O–H groups in total. The van der Waals surface area contributed by atoms with Crippen LogP contribution in [0.15, 0.2) is 67.0 Å². The molecule has 0 aliphatic carbocycles. The molecule has 1 atom stereocenters. The number of nitrogens with zero attached hydrogens (tertiary/aromatic N) is 1. The normalized spacial score (nSPS) is 13.5. The van der Waals surface area contributed by atoms with E-state index >= 15 is 0 Å². The lowest BCUT2D eigenvalue weighted by Gasteiger charge is -2.32. The molecule has 2 aromatic heterocycles. The van der Waals surface area contributed by atoms with Gasteiger partial charge in [0.2, 0.25) is 0 Å². The highest BCUT2D eigenvalue weighted by Crippen LogP contribution is 2.46. The second-order valence-electron chi connectivity index (χ2n) is 9.75. The Morgan fingerprint density at radius 1 is 0.950 bits per heavy atom. The highest BCUT2D eigenvalue weighted by atomic mass is 19.4. The van der Waals surface area contributed by atoms with Gasteiger partial charge in [-0.2, -0.15) is 13.2 Å². The zero-order valence-corrected chi connectivity index (χ0v) is 21.2. The molecule has 0 saturated heterocycles. The summed E-state index contributed by atoms with van der Waals surface area (Å²) in [5.41, 5.74) is -2.08. The largest absolute Gasteiger partial charge is 0.403 e. The lowest BCUT2D eigenvalue weighted by Crippen LogP contribution is -2.41. The Morgan fingerprint density at radius 2 is 1.75 bits per heavy atom. The van der Waals surface area contributed by atoms with Gasteiger partial charge in [-0.15, -0.1) is 0 Å². The Labute approximate surface area is 225 Å². The average Bonchev–Trinajstić information content (AvgIpc) is 3.60. The summed E-state index contributed by atoms with van der Waals surface area (Å²) in [6, 6.07) is 12.2. The number of aromatic nitrogens is 3. The van der Waals surface area contributed by atoms with Gasteiger partial charge in [0.05, 0.1) is 16.8 Å². The average molecular weight is 556 g/mol. The van der Waals surface area contributed by atoms with Crippen LogP contribution in [0.1, 0.15) is 41.3 Å². The molecule has 4 nitrogen and oxygen atoms in total. The Balaban J connectivity index is 1.52. The molecular weight excluding hydrogens is 532 g/mol. The van der Waals surface area contributed by atoms with Crippen molar-refractivity contribution in [2.75, 3.05) is 0 Å². The Hall–Kier alpha value is -4.34. The molecule has 0 bridgehead atoms. The fourth-order valence-corrected chi connectivity index (χ4v) is 4.85. The van der Waals surface area contributed by atoms with Gasteiger partial charge >= 0.3 is 6.18 Å². The van der Waals surface area contributed by atoms with Gasteiger partial charge in [-0.3, -0.25) is 0 Å². The number of hydrogen-bond acceptors (Lipinski definition) is 2. The van der Waals surface area contributed by atoms with Crippen LogP contribution in [0.5, 0.6) is 0 Å². The number of aldehydes is 1. The van der Waals surface area contributed by atoms with Gasteiger partial charge in [0.15, 0.2) is 0 Å². The summed E-state index contributed by atoms with van der Waals surface area (Å²) in [4.78, 5) is 20.2. The molecule has 0 saturated carbocycles. The van der Waals surface area contributed by atoms with Crippen LogP contribution < -0.4 is 0 Å². The number of benzene rings is 3. The van der Waals surface area contributed by atoms with E-state index < -0.39 is 29.0 Å². The molecule has 0 fully saturated rings. The lowest BCUT2D eigenvalue weighted by molar-refractivity contribution is -0.174. The lowest BCUT2D eigenvalue weighted by atomic mass is 9.78. The monoisotopic (exact) mass is 555 g/mol. The van der Waals surface area contributed by atoms with Crippen LogP contribution in [0.25, 0.3) is 22.3 Å². The first-order valence-electron chi connectivity index (χ1n) is 12.4. The molecule has 40 heavy (non-hydrogen) atoms. The summed E-state index contributed by atoms with van der Waals surface area (Å²) in [5, 5.41) is 0.205. The number of aryl methyl sites for hydroxylation is 1. The number of H-pyrrole nitrogens is 2. The summed E-state index contributed by atoms with van der Waals surface area (Å²) in [6.45, 7) is 0.999. The van der Waals surface area contributed by atoms with E-state index in [1.54, 1.807) is 6.07 Å². The van der Waals surface area contributed by atoms with Crippen molar-refractivity contribution < 1.29 is 31.1 Å². The number of carbonyl (C=O) groups excluding carboxylic acids is 1. The molecule has 5 aromatic rings. The van der Waals surface area contributed by atoms with E-state index in [0.29, 0.717) is 22.9 Å². The highest BCUT2D eigenvalue weighted by Gasteiger charge is 2.54. The van der Waals surface area contributed by atoms with Gasteiger partial charge in [-0.05, 0) is 54.3 Å². The van der Waals surface area contributed by atoms with Crippen LogP contribution in [0.2, 0.25) is 0 Å². The van der Waals surface area contributed by atoms with Crippen molar-refractivity contribution in [1.82, 2.24) is 15.0 Å². The van der Waals surface area contributed by atoms with Crippen LogP contribution in [0.3, 0.4) is 0 Å². The predicted octanol–water partition coefficient (Wildman–Crippen LogP) is 7.57. The van der Waals surface area contributed by atoms with Gasteiger partial charge in [-0.25, -0.2) is 18.2 Å². The third-order valence-electron chi connectivity index (χ3n) is 7.24. The minimum atomic E-state index is -4.76. The molecule has 1 unspecified atom stereocenters. The van der Waals surface area contributed by atoms with Gasteiger partial charge in [0.1, 0.15) is 35.0 Å². The van der Waals surface area contributed by atoms with E-state index in [-0.39, 0.29) is 52.9 Å². The van der Waals surface area contributed by atoms with Crippen LogP contribution in [0.4, 0.5) is 26.3 Å². The van der Waals surface area contributed by atoms with Crippen LogP contribution in [-0.2, 0) is 23.1 Å². The number of alkyl halides is 3. The molecular formula is C30H23F6N3O. The molecule has 10 heteroatoms. The second-order valence-corrected chi connectivity index (χ2v) is 9.75. The number of imidazole rings is 1. The third kappa shape index (κ3) is 4.78. The number of carbonyl (C=O) groups is 1. The van der Waals surface area contributed by atoms with Gasteiger partial charge in [-0.1, -0.05) is 30.3 Å². The minimum absolute atomic E-state index is 0.0704. The van der Waals surface area contributed by atoms with E-state index in [0.717, 1.165) is 19.2 Å². The van der Waals surface area contributed by atoms with E-state index in [2.05, 4.69) is 15.0 Å².